The molecule has 0 heterocycles. The molecular weight excluding hydrogens is 861 g/mol. The van der Waals surface area contributed by atoms with Crippen LogP contribution in [0.4, 0.5) is 0 Å². The number of carbonyl (C=O) groups excluding carboxylic acids is 2. The predicted molar refractivity (Wildman–Crippen MR) is 307 cm³/mol. The van der Waals surface area contributed by atoms with E-state index in [1.807, 2.05) is 0 Å². The Bertz CT molecular complexity index is 1150. The lowest BCUT2D eigenvalue weighted by atomic mass is 10.0. The zero-order valence-electron chi connectivity index (χ0n) is 47.3. The zero-order valence-corrected chi connectivity index (χ0v) is 47.3. The van der Waals surface area contributed by atoms with E-state index >= 15 is 0 Å². The number of esters is 2. The molecule has 0 N–H and O–H groups in total. The summed E-state index contributed by atoms with van der Waals surface area (Å²) < 4.78 is 17.5. The van der Waals surface area contributed by atoms with E-state index < -0.39 is 6.10 Å². The Morgan fingerprint density at radius 2 is 0.643 bits per heavy atom. The van der Waals surface area contributed by atoms with Gasteiger partial charge in [0.1, 0.15) is 6.61 Å². The van der Waals surface area contributed by atoms with Gasteiger partial charge in [-0.1, -0.05) is 307 Å². The van der Waals surface area contributed by atoms with Crippen molar-refractivity contribution in [1.82, 2.24) is 0 Å². The van der Waals surface area contributed by atoms with Crippen molar-refractivity contribution in [3.05, 3.63) is 48.6 Å². The van der Waals surface area contributed by atoms with Crippen LogP contribution in [0.1, 0.15) is 329 Å². The monoisotopic (exact) mass is 981 g/mol. The third-order valence-electron chi connectivity index (χ3n) is 13.9. The van der Waals surface area contributed by atoms with Crippen molar-refractivity contribution in [2.24, 2.45) is 0 Å². The molecule has 0 radical (unpaired) electrons. The minimum atomic E-state index is -0.546. The van der Waals surface area contributed by atoms with Crippen LogP contribution >= 0.6 is 0 Å². The molecule has 0 aliphatic rings. The van der Waals surface area contributed by atoms with Crippen molar-refractivity contribution in [3.63, 3.8) is 0 Å². The van der Waals surface area contributed by atoms with Crippen LogP contribution in [-0.2, 0) is 23.8 Å². The maximum atomic E-state index is 12.9. The molecule has 0 aliphatic heterocycles. The third kappa shape index (κ3) is 58.4. The van der Waals surface area contributed by atoms with Crippen LogP contribution in [0.2, 0.25) is 0 Å². The molecule has 0 spiro atoms. The number of ether oxygens (including phenoxy) is 3. The number of rotatable bonds is 58. The second-order valence-electron chi connectivity index (χ2n) is 20.9. The molecule has 0 amide bonds. The van der Waals surface area contributed by atoms with Crippen molar-refractivity contribution >= 4 is 11.9 Å². The van der Waals surface area contributed by atoms with E-state index in [1.54, 1.807) is 0 Å². The van der Waals surface area contributed by atoms with Gasteiger partial charge in [-0.05, 0) is 57.8 Å². The molecular formula is C65H120O5. The smallest absolute Gasteiger partial charge is 0.306 e. The molecule has 0 aromatic carbocycles. The van der Waals surface area contributed by atoms with Gasteiger partial charge in [-0.2, -0.15) is 0 Å². The van der Waals surface area contributed by atoms with Gasteiger partial charge in [0.15, 0.2) is 6.10 Å². The van der Waals surface area contributed by atoms with Crippen molar-refractivity contribution in [2.75, 3.05) is 19.8 Å². The second-order valence-corrected chi connectivity index (χ2v) is 20.9. The summed E-state index contributed by atoms with van der Waals surface area (Å²) in [5.74, 6) is -0.402. The summed E-state index contributed by atoms with van der Waals surface area (Å²) >= 11 is 0. The Morgan fingerprint density at radius 3 is 1.03 bits per heavy atom. The molecule has 0 aromatic rings. The van der Waals surface area contributed by atoms with Gasteiger partial charge in [0.2, 0.25) is 0 Å². The molecule has 0 aromatic heterocycles. The van der Waals surface area contributed by atoms with Crippen molar-refractivity contribution in [1.29, 1.82) is 0 Å². The number of hydrogen-bond donors (Lipinski definition) is 0. The highest BCUT2D eigenvalue weighted by Gasteiger charge is 2.17. The van der Waals surface area contributed by atoms with Gasteiger partial charge >= 0.3 is 11.9 Å². The molecule has 0 saturated carbocycles. The Labute approximate surface area is 437 Å². The summed E-state index contributed by atoms with van der Waals surface area (Å²) in [6.07, 6.45) is 77.2. The van der Waals surface area contributed by atoms with Gasteiger partial charge in [-0.25, -0.2) is 0 Å². The van der Waals surface area contributed by atoms with Crippen molar-refractivity contribution < 1.29 is 23.8 Å². The van der Waals surface area contributed by atoms with Crippen LogP contribution in [0.5, 0.6) is 0 Å². The highest BCUT2D eigenvalue weighted by Crippen LogP contribution is 2.17. The first-order chi connectivity index (χ1) is 34.6. The summed E-state index contributed by atoms with van der Waals surface area (Å²) in [6, 6.07) is 0. The molecule has 1 atom stereocenters. The van der Waals surface area contributed by atoms with Crippen LogP contribution in [0.3, 0.4) is 0 Å². The predicted octanol–water partition coefficient (Wildman–Crippen LogP) is 21.5. The Morgan fingerprint density at radius 1 is 0.329 bits per heavy atom. The highest BCUT2D eigenvalue weighted by atomic mass is 16.6. The van der Waals surface area contributed by atoms with E-state index in [1.165, 1.54) is 218 Å². The number of hydrogen-bond acceptors (Lipinski definition) is 5. The minimum Gasteiger partial charge on any atom is -0.462 e. The van der Waals surface area contributed by atoms with Gasteiger partial charge in [-0.3, -0.25) is 9.59 Å². The van der Waals surface area contributed by atoms with Gasteiger partial charge in [0, 0.05) is 19.4 Å². The van der Waals surface area contributed by atoms with Crippen LogP contribution < -0.4 is 0 Å². The quantitative estimate of drug-likeness (QED) is 0.0345. The van der Waals surface area contributed by atoms with Crippen LogP contribution in [0.25, 0.3) is 0 Å². The molecule has 70 heavy (non-hydrogen) atoms. The summed E-state index contributed by atoms with van der Waals surface area (Å²) in [5.41, 5.74) is 0. The molecule has 0 bridgehead atoms. The summed E-state index contributed by atoms with van der Waals surface area (Å²) in [6.45, 7) is 7.77. The Kier molecular flexibility index (Phi) is 59.3. The summed E-state index contributed by atoms with van der Waals surface area (Å²) in [5, 5.41) is 0. The van der Waals surface area contributed by atoms with Crippen LogP contribution in [0, 0.1) is 0 Å². The average molecular weight is 982 g/mol. The lowest BCUT2D eigenvalue weighted by Crippen LogP contribution is -2.30. The van der Waals surface area contributed by atoms with Crippen LogP contribution in [0.15, 0.2) is 48.6 Å². The van der Waals surface area contributed by atoms with E-state index in [-0.39, 0.29) is 25.2 Å². The molecule has 0 rings (SSSR count). The molecule has 1 unspecified atom stereocenters. The first kappa shape index (κ1) is 67.9. The van der Waals surface area contributed by atoms with Crippen molar-refractivity contribution in [3.8, 4) is 0 Å². The fourth-order valence-electron chi connectivity index (χ4n) is 9.27. The third-order valence-corrected chi connectivity index (χ3v) is 13.9. The minimum absolute atomic E-state index is 0.0810. The molecule has 0 fully saturated rings. The first-order valence-corrected chi connectivity index (χ1v) is 31.2. The van der Waals surface area contributed by atoms with Crippen molar-refractivity contribution in [2.45, 2.75) is 335 Å². The zero-order chi connectivity index (χ0) is 50.6. The fraction of sp³-hybridized carbons (Fsp3) is 0.846. The van der Waals surface area contributed by atoms with E-state index in [9.17, 15) is 9.59 Å². The maximum absolute atomic E-state index is 12.9. The number of unbranched alkanes of at least 4 members (excludes halogenated alkanes) is 39. The second kappa shape index (κ2) is 61.2. The molecule has 5 heteroatoms. The van der Waals surface area contributed by atoms with Gasteiger partial charge in [0.25, 0.3) is 0 Å². The topological polar surface area (TPSA) is 61.8 Å². The van der Waals surface area contributed by atoms with E-state index in [0.717, 1.165) is 77.0 Å². The highest BCUT2D eigenvalue weighted by molar-refractivity contribution is 5.70. The normalized spacial score (nSPS) is 12.4. The average Bonchev–Trinajstić information content (AvgIpc) is 3.36. The maximum Gasteiger partial charge on any atom is 0.306 e. The largest absolute Gasteiger partial charge is 0.462 e. The molecule has 5 nitrogen and oxygen atoms in total. The van der Waals surface area contributed by atoms with E-state index in [4.69, 9.17) is 14.2 Å². The van der Waals surface area contributed by atoms with Gasteiger partial charge in [-0.15, -0.1) is 0 Å². The molecule has 0 aliphatic carbocycles. The Balaban J connectivity index is 4.26. The first-order valence-electron chi connectivity index (χ1n) is 31.2. The Hall–Kier alpha value is -2.14. The van der Waals surface area contributed by atoms with E-state index in [2.05, 4.69) is 69.4 Å². The number of allylic oxidation sites excluding steroid dienone is 8. The molecule has 0 saturated heterocycles. The van der Waals surface area contributed by atoms with E-state index in [0.29, 0.717) is 19.4 Å². The summed E-state index contributed by atoms with van der Waals surface area (Å²) in [4.78, 5) is 25.6. The molecule has 410 valence electrons. The SMILES string of the molecule is CC/C=C\C/C=C\C/C=C\C/C=C\CCCCCCC(=O)OC(COCCCCCCCCCCCCCCCCCCCC)COC(=O)CCCCCCCCCCCCCCCCCCCCC. The standard InChI is InChI=1S/C65H120O5/c1-4-7-10-13-16-19-22-25-28-31-33-35-37-40-43-46-49-52-55-58-64(66)69-62-63(61-68-60-57-54-51-48-45-42-39-36-32-29-26-23-20-17-14-11-8-5-2)70-65(67)59-56-53-50-47-44-41-38-34-30-27-24-21-18-15-12-9-6-3/h9,12,18,21,27,30,38,41,63H,4-8,10-11,13-17,19-20,22-26,28-29,31-37,39-40,42-62H2,1-3H3/b12-9-,21-18-,30-27-,41-38-. The van der Waals surface area contributed by atoms with Gasteiger partial charge in [0.05, 0.1) is 6.61 Å². The fourth-order valence-corrected chi connectivity index (χ4v) is 9.27. The summed E-state index contributed by atoms with van der Waals surface area (Å²) in [7, 11) is 0. The lowest BCUT2D eigenvalue weighted by molar-refractivity contribution is -0.163. The van der Waals surface area contributed by atoms with Gasteiger partial charge < -0.3 is 14.2 Å². The number of carbonyl (C=O) groups is 2. The lowest BCUT2D eigenvalue weighted by Gasteiger charge is -2.18. The van der Waals surface area contributed by atoms with Crippen LogP contribution in [-0.4, -0.2) is 37.9 Å².